The lowest BCUT2D eigenvalue weighted by Crippen LogP contribution is -2.28. The fourth-order valence-corrected chi connectivity index (χ4v) is 4.24. The van der Waals surface area contributed by atoms with Crippen LogP contribution in [0.1, 0.15) is 35.8 Å². The Morgan fingerprint density at radius 3 is 2.50 bits per heavy atom. The number of benzene rings is 3. The van der Waals surface area contributed by atoms with E-state index in [9.17, 15) is 4.79 Å². The van der Waals surface area contributed by atoms with Gasteiger partial charge in [0, 0.05) is 48.0 Å². The van der Waals surface area contributed by atoms with E-state index in [1.54, 1.807) is 0 Å². The largest absolute Gasteiger partial charge is 0.361 e. The fourth-order valence-electron chi connectivity index (χ4n) is 4.24. The van der Waals surface area contributed by atoms with E-state index in [0.717, 1.165) is 11.1 Å². The van der Waals surface area contributed by atoms with Crippen molar-refractivity contribution in [3.8, 4) is 11.4 Å². The molecule has 0 fully saturated rings. The van der Waals surface area contributed by atoms with Crippen molar-refractivity contribution in [1.29, 1.82) is 0 Å². The average molecular weight is 451 g/mol. The van der Waals surface area contributed by atoms with Crippen LogP contribution in [0.2, 0.25) is 0 Å². The SMILES string of the molecule is O=C(CCCc1nc(-c2ccccc2)no1)NCC(c1ccccc1)c1c[nH]c2ccccc12. The lowest BCUT2D eigenvalue weighted by molar-refractivity contribution is -0.121. The van der Waals surface area contributed by atoms with Gasteiger partial charge in [0.1, 0.15) is 0 Å². The third-order valence-electron chi connectivity index (χ3n) is 6.00. The summed E-state index contributed by atoms with van der Waals surface area (Å²) in [5, 5.41) is 8.35. The van der Waals surface area contributed by atoms with E-state index < -0.39 is 0 Å². The molecular weight excluding hydrogens is 424 g/mol. The van der Waals surface area contributed by atoms with Crippen LogP contribution in [-0.2, 0) is 11.2 Å². The topological polar surface area (TPSA) is 83.8 Å². The van der Waals surface area contributed by atoms with Crippen LogP contribution in [0.3, 0.4) is 0 Å². The average Bonchev–Trinajstić information content (AvgIpc) is 3.53. The van der Waals surface area contributed by atoms with E-state index in [2.05, 4.69) is 44.7 Å². The summed E-state index contributed by atoms with van der Waals surface area (Å²) in [6, 6.07) is 28.3. The number of hydrogen-bond acceptors (Lipinski definition) is 4. The Labute approximate surface area is 198 Å². The van der Waals surface area contributed by atoms with E-state index in [1.807, 2.05) is 66.9 Å². The van der Waals surface area contributed by atoms with Gasteiger partial charge in [0.15, 0.2) is 0 Å². The standard InChI is InChI=1S/C28H26N4O2/c33-26(16-9-17-27-31-28(32-34-27)21-12-5-2-6-13-21)30-18-23(20-10-3-1-4-11-20)24-19-29-25-15-8-7-14-22(24)25/h1-8,10-15,19,23,29H,9,16-18H2,(H,30,33). The number of H-pyrrole nitrogens is 1. The maximum absolute atomic E-state index is 12.6. The zero-order valence-electron chi connectivity index (χ0n) is 18.8. The van der Waals surface area contributed by atoms with E-state index >= 15 is 0 Å². The second kappa shape index (κ2) is 10.2. The van der Waals surface area contributed by atoms with Crippen LogP contribution in [0.15, 0.2) is 95.6 Å². The summed E-state index contributed by atoms with van der Waals surface area (Å²) >= 11 is 0. The molecule has 5 rings (SSSR count). The molecule has 2 aromatic heterocycles. The van der Waals surface area contributed by atoms with E-state index in [-0.39, 0.29) is 11.8 Å². The van der Waals surface area contributed by atoms with Crippen LogP contribution < -0.4 is 5.32 Å². The third kappa shape index (κ3) is 4.91. The molecule has 0 aliphatic rings. The van der Waals surface area contributed by atoms with Gasteiger partial charge < -0.3 is 14.8 Å². The number of hydrogen-bond donors (Lipinski definition) is 2. The van der Waals surface area contributed by atoms with Gasteiger partial charge >= 0.3 is 0 Å². The minimum absolute atomic E-state index is 0.0172. The monoisotopic (exact) mass is 450 g/mol. The van der Waals surface area contributed by atoms with E-state index in [4.69, 9.17) is 4.52 Å². The van der Waals surface area contributed by atoms with Crippen molar-refractivity contribution in [2.45, 2.75) is 25.2 Å². The Kier molecular flexibility index (Phi) is 6.47. The molecule has 0 spiro atoms. The molecule has 2 N–H and O–H groups in total. The zero-order valence-corrected chi connectivity index (χ0v) is 18.8. The first-order chi connectivity index (χ1) is 16.8. The molecule has 0 radical (unpaired) electrons. The lowest BCUT2D eigenvalue weighted by atomic mass is 9.91. The van der Waals surface area contributed by atoms with Gasteiger partial charge in [0.25, 0.3) is 0 Å². The number of para-hydroxylation sites is 1. The first-order valence-corrected chi connectivity index (χ1v) is 11.5. The molecule has 170 valence electrons. The second-order valence-corrected chi connectivity index (χ2v) is 8.29. The summed E-state index contributed by atoms with van der Waals surface area (Å²) in [6.45, 7) is 0.531. The van der Waals surface area contributed by atoms with Crippen molar-refractivity contribution < 1.29 is 9.32 Å². The fraction of sp³-hybridized carbons (Fsp3) is 0.179. The number of aromatic amines is 1. The lowest BCUT2D eigenvalue weighted by Gasteiger charge is -2.18. The number of carbonyl (C=O) groups excluding carboxylic acids is 1. The van der Waals surface area contributed by atoms with Crippen LogP contribution in [0, 0.1) is 0 Å². The van der Waals surface area contributed by atoms with Gasteiger partial charge in [0.05, 0.1) is 0 Å². The Morgan fingerprint density at radius 1 is 0.941 bits per heavy atom. The van der Waals surface area contributed by atoms with Crippen LogP contribution in [0.4, 0.5) is 0 Å². The third-order valence-corrected chi connectivity index (χ3v) is 6.00. The molecule has 1 atom stereocenters. The molecular formula is C28H26N4O2. The van der Waals surface area contributed by atoms with Crippen LogP contribution in [0.5, 0.6) is 0 Å². The number of aryl methyl sites for hydroxylation is 1. The molecule has 1 unspecified atom stereocenters. The summed E-state index contributed by atoms with van der Waals surface area (Å²) in [7, 11) is 0. The van der Waals surface area contributed by atoms with E-state index in [0.29, 0.717) is 37.5 Å². The van der Waals surface area contributed by atoms with Gasteiger partial charge in [-0.2, -0.15) is 4.98 Å². The quantitative estimate of drug-likeness (QED) is 0.311. The first kappa shape index (κ1) is 21.6. The van der Waals surface area contributed by atoms with Gasteiger partial charge in [-0.05, 0) is 23.6 Å². The number of nitrogens with zero attached hydrogens (tertiary/aromatic N) is 2. The number of aromatic nitrogens is 3. The summed E-state index contributed by atoms with van der Waals surface area (Å²) in [6.07, 6.45) is 3.66. The Morgan fingerprint density at radius 2 is 1.68 bits per heavy atom. The Bertz CT molecular complexity index is 1360. The van der Waals surface area contributed by atoms with Crippen molar-refractivity contribution in [2.75, 3.05) is 6.54 Å². The number of amides is 1. The molecule has 3 aromatic carbocycles. The molecule has 2 heterocycles. The van der Waals surface area contributed by atoms with Gasteiger partial charge in [-0.25, -0.2) is 0 Å². The highest BCUT2D eigenvalue weighted by Gasteiger charge is 2.19. The van der Waals surface area contributed by atoms with Gasteiger partial charge in [0.2, 0.25) is 17.6 Å². The summed E-state index contributed by atoms with van der Waals surface area (Å²) in [4.78, 5) is 20.4. The highest BCUT2D eigenvalue weighted by atomic mass is 16.5. The molecule has 6 nitrogen and oxygen atoms in total. The number of fused-ring (bicyclic) bond motifs is 1. The zero-order chi connectivity index (χ0) is 23.2. The molecule has 0 bridgehead atoms. The molecule has 0 saturated heterocycles. The Balaban J connectivity index is 1.20. The molecule has 0 aliphatic heterocycles. The minimum Gasteiger partial charge on any atom is -0.361 e. The highest BCUT2D eigenvalue weighted by Crippen LogP contribution is 2.30. The van der Waals surface area contributed by atoms with Crippen molar-refractivity contribution in [2.24, 2.45) is 0 Å². The predicted molar refractivity (Wildman–Crippen MR) is 132 cm³/mol. The highest BCUT2D eigenvalue weighted by molar-refractivity contribution is 5.84. The minimum atomic E-state index is 0.0172. The van der Waals surface area contributed by atoms with E-state index in [1.165, 1.54) is 16.5 Å². The second-order valence-electron chi connectivity index (χ2n) is 8.29. The van der Waals surface area contributed by atoms with Gasteiger partial charge in [-0.15, -0.1) is 0 Å². The maximum atomic E-state index is 12.6. The molecule has 5 aromatic rings. The molecule has 34 heavy (non-hydrogen) atoms. The summed E-state index contributed by atoms with van der Waals surface area (Å²) in [5.41, 5.74) is 4.37. The van der Waals surface area contributed by atoms with Crippen molar-refractivity contribution in [1.82, 2.24) is 20.4 Å². The van der Waals surface area contributed by atoms with Gasteiger partial charge in [-0.3, -0.25) is 4.79 Å². The van der Waals surface area contributed by atoms with Crippen molar-refractivity contribution in [3.05, 3.63) is 108 Å². The molecule has 6 heteroatoms. The predicted octanol–water partition coefficient (Wildman–Crippen LogP) is 5.49. The van der Waals surface area contributed by atoms with Crippen LogP contribution in [-0.4, -0.2) is 27.6 Å². The normalized spacial score (nSPS) is 12.0. The van der Waals surface area contributed by atoms with Crippen LogP contribution in [0.25, 0.3) is 22.3 Å². The number of rotatable bonds is 9. The van der Waals surface area contributed by atoms with Crippen molar-refractivity contribution >= 4 is 16.8 Å². The summed E-state index contributed by atoms with van der Waals surface area (Å²) in [5.74, 6) is 1.20. The summed E-state index contributed by atoms with van der Waals surface area (Å²) < 4.78 is 5.35. The van der Waals surface area contributed by atoms with Crippen molar-refractivity contribution in [3.63, 3.8) is 0 Å². The number of carbonyl (C=O) groups is 1. The number of nitrogens with one attached hydrogen (secondary N) is 2. The van der Waals surface area contributed by atoms with Crippen LogP contribution >= 0.6 is 0 Å². The first-order valence-electron chi connectivity index (χ1n) is 11.5. The smallest absolute Gasteiger partial charge is 0.226 e. The molecule has 0 aliphatic carbocycles. The molecule has 0 saturated carbocycles. The molecule has 1 amide bonds. The Hall–Kier alpha value is -4.19. The maximum Gasteiger partial charge on any atom is 0.226 e. The van der Waals surface area contributed by atoms with Gasteiger partial charge in [-0.1, -0.05) is 84.0 Å².